The summed E-state index contributed by atoms with van der Waals surface area (Å²) in [6.45, 7) is 7.66. The molecule has 1 N–H and O–H groups in total. The first-order valence-electron chi connectivity index (χ1n) is 8.48. The van der Waals surface area contributed by atoms with E-state index in [2.05, 4.69) is 5.32 Å². The number of rotatable bonds is 10. The molecule has 1 fully saturated rings. The molecule has 144 valence electrons. The SMILES string of the molecule is CC(C)CS(=O)(=O)CCNC(=O)CCN1C(=O)CC(SC(C)C)C1=O. The number of carbonyl (C=O) groups excluding carboxylic acids is 3. The molecule has 25 heavy (non-hydrogen) atoms. The van der Waals surface area contributed by atoms with E-state index in [-0.39, 0.29) is 71.6 Å². The van der Waals surface area contributed by atoms with E-state index < -0.39 is 9.84 Å². The van der Waals surface area contributed by atoms with Crippen molar-refractivity contribution in [1.29, 1.82) is 0 Å². The molecule has 0 aromatic rings. The zero-order valence-electron chi connectivity index (χ0n) is 15.3. The van der Waals surface area contributed by atoms with Crippen LogP contribution in [0.5, 0.6) is 0 Å². The van der Waals surface area contributed by atoms with Gasteiger partial charge in [0.15, 0.2) is 9.84 Å². The number of likely N-dealkylation sites (tertiary alicyclic amines) is 1. The number of thioether (sulfide) groups is 1. The van der Waals surface area contributed by atoms with E-state index in [1.165, 1.54) is 11.8 Å². The van der Waals surface area contributed by atoms with Gasteiger partial charge in [-0.25, -0.2) is 8.42 Å². The average molecular weight is 393 g/mol. The second-order valence-electron chi connectivity index (χ2n) is 6.87. The van der Waals surface area contributed by atoms with Crippen LogP contribution in [0, 0.1) is 5.92 Å². The Kier molecular flexibility index (Phi) is 8.40. The summed E-state index contributed by atoms with van der Waals surface area (Å²) in [7, 11) is -3.18. The second-order valence-corrected chi connectivity index (χ2v) is 10.9. The second kappa shape index (κ2) is 9.56. The van der Waals surface area contributed by atoms with Crippen LogP contribution in [-0.2, 0) is 24.2 Å². The van der Waals surface area contributed by atoms with E-state index in [0.29, 0.717) is 0 Å². The fourth-order valence-corrected chi connectivity index (χ4v) is 5.30. The topological polar surface area (TPSA) is 101 Å². The third kappa shape index (κ3) is 7.77. The van der Waals surface area contributed by atoms with Gasteiger partial charge < -0.3 is 5.32 Å². The van der Waals surface area contributed by atoms with Crippen molar-refractivity contribution < 1.29 is 22.8 Å². The highest BCUT2D eigenvalue weighted by Gasteiger charge is 2.39. The molecule has 1 aliphatic rings. The molecular formula is C16H28N2O5S2. The molecule has 1 unspecified atom stereocenters. The standard InChI is InChI=1S/C16H28N2O5S2/c1-11(2)10-25(22,23)8-6-17-14(19)5-7-18-15(20)9-13(16(18)21)24-12(3)4/h11-13H,5-10H2,1-4H3,(H,17,19). The number of hydrogen-bond acceptors (Lipinski definition) is 6. The minimum atomic E-state index is -3.18. The molecule has 9 heteroatoms. The largest absolute Gasteiger partial charge is 0.355 e. The molecule has 0 saturated carbocycles. The van der Waals surface area contributed by atoms with Gasteiger partial charge in [-0.15, -0.1) is 11.8 Å². The predicted octanol–water partition coefficient (Wildman–Crippen LogP) is 0.833. The molecule has 1 saturated heterocycles. The molecule has 1 atom stereocenters. The van der Waals surface area contributed by atoms with Crippen molar-refractivity contribution in [2.45, 2.75) is 51.0 Å². The van der Waals surface area contributed by atoms with E-state index in [9.17, 15) is 22.8 Å². The summed E-state index contributed by atoms with van der Waals surface area (Å²) in [6, 6.07) is 0. The molecule has 3 amide bonds. The minimum absolute atomic E-state index is 0.0131. The summed E-state index contributed by atoms with van der Waals surface area (Å²) in [5.41, 5.74) is 0. The summed E-state index contributed by atoms with van der Waals surface area (Å²) in [6.07, 6.45) is 0.164. The van der Waals surface area contributed by atoms with Crippen LogP contribution >= 0.6 is 11.8 Å². The van der Waals surface area contributed by atoms with Crippen LogP contribution in [0.3, 0.4) is 0 Å². The fraction of sp³-hybridized carbons (Fsp3) is 0.812. The minimum Gasteiger partial charge on any atom is -0.355 e. The smallest absolute Gasteiger partial charge is 0.242 e. The number of sulfone groups is 1. The first-order valence-corrected chi connectivity index (χ1v) is 11.2. The summed E-state index contributed by atoms with van der Waals surface area (Å²) in [5.74, 6) is -0.823. The van der Waals surface area contributed by atoms with Crippen molar-refractivity contribution in [3.8, 4) is 0 Å². The lowest BCUT2D eigenvalue weighted by Gasteiger charge is -2.15. The molecule has 0 bridgehead atoms. The highest BCUT2D eigenvalue weighted by Crippen LogP contribution is 2.28. The normalized spacial score (nSPS) is 18.5. The highest BCUT2D eigenvalue weighted by molar-refractivity contribution is 8.01. The van der Waals surface area contributed by atoms with Gasteiger partial charge in [-0.1, -0.05) is 27.7 Å². The number of hydrogen-bond donors (Lipinski definition) is 1. The van der Waals surface area contributed by atoms with Crippen LogP contribution in [-0.4, -0.2) is 66.1 Å². The molecule has 0 spiro atoms. The van der Waals surface area contributed by atoms with Gasteiger partial charge in [-0.3, -0.25) is 19.3 Å². The average Bonchev–Trinajstić information content (AvgIpc) is 2.69. The Labute approximate surface area is 154 Å². The Hall–Kier alpha value is -1.09. The van der Waals surface area contributed by atoms with E-state index in [1.54, 1.807) is 0 Å². The van der Waals surface area contributed by atoms with Crippen LogP contribution in [0.4, 0.5) is 0 Å². The Morgan fingerprint density at radius 3 is 2.48 bits per heavy atom. The van der Waals surface area contributed by atoms with Gasteiger partial charge >= 0.3 is 0 Å². The van der Waals surface area contributed by atoms with E-state index >= 15 is 0 Å². The molecule has 0 aliphatic carbocycles. The van der Waals surface area contributed by atoms with Crippen molar-refractivity contribution in [2.75, 3.05) is 24.6 Å². The first kappa shape index (κ1) is 22.0. The van der Waals surface area contributed by atoms with Crippen molar-refractivity contribution in [1.82, 2.24) is 10.2 Å². The summed E-state index contributed by atoms with van der Waals surface area (Å²) < 4.78 is 23.5. The van der Waals surface area contributed by atoms with Gasteiger partial charge in [0.1, 0.15) is 0 Å². The maximum atomic E-state index is 12.2. The van der Waals surface area contributed by atoms with E-state index in [1.807, 2.05) is 27.7 Å². The lowest BCUT2D eigenvalue weighted by atomic mass is 10.3. The first-order chi connectivity index (χ1) is 11.5. The molecule has 1 rings (SSSR count). The van der Waals surface area contributed by atoms with Crippen molar-refractivity contribution >= 4 is 39.3 Å². The zero-order chi connectivity index (χ0) is 19.2. The van der Waals surface area contributed by atoms with Crippen molar-refractivity contribution in [2.24, 2.45) is 5.92 Å². The Balaban J connectivity index is 2.37. The number of amides is 3. The molecule has 1 heterocycles. The predicted molar refractivity (Wildman–Crippen MR) is 99.0 cm³/mol. The Bertz CT molecular complexity index is 602. The van der Waals surface area contributed by atoms with Crippen LogP contribution in [0.1, 0.15) is 40.5 Å². The maximum absolute atomic E-state index is 12.2. The summed E-state index contributed by atoms with van der Waals surface area (Å²) in [4.78, 5) is 37.1. The molecule has 0 aromatic heterocycles. The summed E-state index contributed by atoms with van der Waals surface area (Å²) >= 11 is 1.45. The van der Waals surface area contributed by atoms with Crippen LogP contribution in [0.15, 0.2) is 0 Å². The van der Waals surface area contributed by atoms with Crippen LogP contribution in [0.2, 0.25) is 0 Å². The quantitative estimate of drug-likeness (QED) is 0.553. The van der Waals surface area contributed by atoms with E-state index in [4.69, 9.17) is 0 Å². The van der Waals surface area contributed by atoms with Gasteiger partial charge in [0, 0.05) is 25.9 Å². The van der Waals surface area contributed by atoms with Crippen molar-refractivity contribution in [3.63, 3.8) is 0 Å². The number of carbonyl (C=O) groups is 3. The maximum Gasteiger partial charge on any atom is 0.242 e. The zero-order valence-corrected chi connectivity index (χ0v) is 16.9. The van der Waals surface area contributed by atoms with E-state index in [0.717, 1.165) is 4.90 Å². The number of imide groups is 1. The lowest BCUT2D eigenvalue weighted by molar-refractivity contribution is -0.138. The lowest BCUT2D eigenvalue weighted by Crippen LogP contribution is -2.37. The fourth-order valence-electron chi connectivity index (χ4n) is 2.56. The third-order valence-corrected chi connectivity index (χ3v) is 6.77. The van der Waals surface area contributed by atoms with Gasteiger partial charge in [0.25, 0.3) is 0 Å². The molecular weight excluding hydrogens is 364 g/mol. The number of nitrogens with zero attached hydrogens (tertiary/aromatic N) is 1. The van der Waals surface area contributed by atoms with Gasteiger partial charge in [0.2, 0.25) is 17.7 Å². The van der Waals surface area contributed by atoms with Crippen LogP contribution in [0.25, 0.3) is 0 Å². The molecule has 1 aliphatic heterocycles. The Morgan fingerprint density at radius 2 is 1.92 bits per heavy atom. The van der Waals surface area contributed by atoms with Gasteiger partial charge in [0.05, 0.1) is 16.8 Å². The van der Waals surface area contributed by atoms with Gasteiger partial charge in [-0.05, 0) is 11.2 Å². The number of nitrogens with one attached hydrogen (secondary N) is 1. The Morgan fingerprint density at radius 1 is 1.28 bits per heavy atom. The third-order valence-electron chi connectivity index (χ3n) is 3.52. The highest BCUT2D eigenvalue weighted by atomic mass is 32.2. The molecule has 7 nitrogen and oxygen atoms in total. The summed E-state index contributed by atoms with van der Waals surface area (Å²) in [5, 5.41) is 2.42. The van der Waals surface area contributed by atoms with Crippen LogP contribution < -0.4 is 5.32 Å². The monoisotopic (exact) mass is 392 g/mol. The molecule has 0 aromatic carbocycles. The molecule has 0 radical (unpaired) electrons. The van der Waals surface area contributed by atoms with Crippen molar-refractivity contribution in [3.05, 3.63) is 0 Å². The van der Waals surface area contributed by atoms with Gasteiger partial charge in [-0.2, -0.15) is 0 Å².